The maximum Gasteiger partial charge on any atom is 0.228 e. The number of pyridine rings is 1. The zero-order valence-electron chi connectivity index (χ0n) is 12.9. The van der Waals surface area contributed by atoms with Crippen molar-refractivity contribution in [1.82, 2.24) is 9.88 Å². The number of amides is 1. The molecule has 2 aliphatic heterocycles. The average molecular weight is 324 g/mol. The minimum Gasteiger partial charge on any atom is -0.378 e. The van der Waals surface area contributed by atoms with Gasteiger partial charge in [0.05, 0.1) is 17.0 Å². The molecule has 1 aromatic heterocycles. The van der Waals surface area contributed by atoms with Crippen molar-refractivity contribution in [2.75, 3.05) is 37.7 Å². The van der Waals surface area contributed by atoms with Gasteiger partial charge in [-0.25, -0.2) is 4.98 Å². The maximum absolute atomic E-state index is 12.7. The molecule has 0 aromatic carbocycles. The highest BCUT2D eigenvalue weighted by atomic mass is 35.5. The molecule has 0 N–H and O–H groups in total. The monoisotopic (exact) mass is 323 g/mol. The van der Waals surface area contributed by atoms with E-state index in [0.717, 1.165) is 51.4 Å². The smallest absolute Gasteiger partial charge is 0.228 e. The highest BCUT2D eigenvalue weighted by Crippen LogP contribution is 2.26. The third-order valence-electron chi connectivity index (χ3n) is 4.55. The molecule has 3 heterocycles. The SMILES string of the molecule is C[C@@H]1OCCC[C@@H]1C(=O)N1CCN(c2ncccc2Cl)CC1. The summed E-state index contributed by atoms with van der Waals surface area (Å²) in [5.74, 6) is 1.06. The molecule has 2 atom stereocenters. The lowest BCUT2D eigenvalue weighted by Crippen LogP contribution is -2.52. The lowest BCUT2D eigenvalue weighted by atomic mass is 9.93. The first-order valence-corrected chi connectivity index (χ1v) is 8.30. The lowest BCUT2D eigenvalue weighted by molar-refractivity contribution is -0.144. The standard InChI is InChI=1S/C16H22ClN3O2/c1-12-13(4-3-11-22-12)16(21)20-9-7-19(8-10-20)15-14(17)5-2-6-18-15/h2,5-6,12-13H,3-4,7-11H2,1H3/t12-,13-/m0/s1. The van der Waals surface area contributed by atoms with E-state index < -0.39 is 0 Å². The summed E-state index contributed by atoms with van der Waals surface area (Å²) in [5, 5.41) is 0.663. The van der Waals surface area contributed by atoms with E-state index in [4.69, 9.17) is 16.3 Å². The molecule has 0 unspecified atom stereocenters. The minimum absolute atomic E-state index is 0.0127. The topological polar surface area (TPSA) is 45.7 Å². The quantitative estimate of drug-likeness (QED) is 0.837. The van der Waals surface area contributed by atoms with Crippen LogP contribution in [-0.4, -0.2) is 54.7 Å². The highest BCUT2D eigenvalue weighted by Gasteiger charge is 2.33. The lowest BCUT2D eigenvalue weighted by Gasteiger charge is -2.39. The molecule has 2 aliphatic rings. The predicted octanol–water partition coefficient (Wildman–Crippen LogP) is 2.20. The number of aromatic nitrogens is 1. The normalized spacial score (nSPS) is 26.1. The predicted molar refractivity (Wildman–Crippen MR) is 86.2 cm³/mol. The number of rotatable bonds is 2. The van der Waals surface area contributed by atoms with Crippen molar-refractivity contribution < 1.29 is 9.53 Å². The van der Waals surface area contributed by atoms with E-state index in [1.54, 1.807) is 6.20 Å². The number of hydrogen-bond acceptors (Lipinski definition) is 4. The summed E-state index contributed by atoms with van der Waals surface area (Å²) >= 11 is 6.20. The third-order valence-corrected chi connectivity index (χ3v) is 4.85. The summed E-state index contributed by atoms with van der Waals surface area (Å²) < 4.78 is 5.62. The number of ether oxygens (including phenoxy) is 1. The Labute approximate surface area is 136 Å². The van der Waals surface area contributed by atoms with Gasteiger partial charge in [-0.3, -0.25) is 4.79 Å². The Morgan fingerprint density at radius 2 is 2.14 bits per heavy atom. The van der Waals surface area contributed by atoms with E-state index in [1.165, 1.54) is 0 Å². The van der Waals surface area contributed by atoms with Crippen LogP contribution < -0.4 is 4.90 Å². The van der Waals surface area contributed by atoms with Crippen molar-refractivity contribution in [2.24, 2.45) is 5.92 Å². The fraction of sp³-hybridized carbons (Fsp3) is 0.625. The van der Waals surface area contributed by atoms with Crippen LogP contribution in [0.1, 0.15) is 19.8 Å². The van der Waals surface area contributed by atoms with Crippen LogP contribution in [0.4, 0.5) is 5.82 Å². The van der Waals surface area contributed by atoms with E-state index in [-0.39, 0.29) is 17.9 Å². The van der Waals surface area contributed by atoms with Crippen LogP contribution >= 0.6 is 11.6 Å². The van der Waals surface area contributed by atoms with Crippen LogP contribution in [-0.2, 0) is 9.53 Å². The molecule has 1 amide bonds. The summed E-state index contributed by atoms with van der Waals surface area (Å²) in [5.41, 5.74) is 0. The number of carbonyl (C=O) groups excluding carboxylic acids is 1. The molecule has 1 aromatic rings. The Bertz CT molecular complexity index is 532. The molecular weight excluding hydrogens is 302 g/mol. The van der Waals surface area contributed by atoms with Gasteiger partial charge in [0.25, 0.3) is 0 Å². The van der Waals surface area contributed by atoms with Crippen LogP contribution in [0, 0.1) is 5.92 Å². The Balaban J connectivity index is 1.59. The van der Waals surface area contributed by atoms with Crippen molar-refractivity contribution >= 4 is 23.3 Å². The van der Waals surface area contributed by atoms with Gasteiger partial charge < -0.3 is 14.5 Å². The van der Waals surface area contributed by atoms with Gasteiger partial charge >= 0.3 is 0 Å². The number of halogens is 1. The Morgan fingerprint density at radius 3 is 2.82 bits per heavy atom. The summed E-state index contributed by atoms with van der Waals surface area (Å²) in [6.45, 7) is 5.75. The third kappa shape index (κ3) is 3.20. The molecule has 0 aliphatic carbocycles. The van der Waals surface area contributed by atoms with Gasteiger partial charge in [0, 0.05) is 39.0 Å². The van der Waals surface area contributed by atoms with Gasteiger partial charge in [0.2, 0.25) is 5.91 Å². The first-order valence-electron chi connectivity index (χ1n) is 7.92. The fourth-order valence-corrected chi connectivity index (χ4v) is 3.47. The van der Waals surface area contributed by atoms with E-state index in [9.17, 15) is 4.79 Å². The Hall–Kier alpha value is -1.33. The maximum atomic E-state index is 12.7. The number of hydrogen-bond donors (Lipinski definition) is 0. The number of anilines is 1. The van der Waals surface area contributed by atoms with Crippen LogP contribution in [0.25, 0.3) is 0 Å². The van der Waals surface area contributed by atoms with Gasteiger partial charge in [0.1, 0.15) is 5.82 Å². The first kappa shape index (κ1) is 15.6. The number of carbonyl (C=O) groups is 1. The van der Waals surface area contributed by atoms with Gasteiger partial charge in [0.15, 0.2) is 0 Å². The molecular formula is C16H22ClN3O2. The van der Waals surface area contributed by atoms with Crippen molar-refractivity contribution in [3.63, 3.8) is 0 Å². The number of piperazine rings is 1. The Morgan fingerprint density at radius 1 is 1.36 bits per heavy atom. The molecule has 0 radical (unpaired) electrons. The average Bonchev–Trinajstić information content (AvgIpc) is 2.55. The summed E-state index contributed by atoms with van der Waals surface area (Å²) in [7, 11) is 0. The summed E-state index contributed by atoms with van der Waals surface area (Å²) in [6.07, 6.45) is 3.69. The van der Waals surface area contributed by atoms with Gasteiger partial charge in [-0.05, 0) is 31.9 Å². The summed E-state index contributed by atoms with van der Waals surface area (Å²) in [6, 6.07) is 3.68. The molecule has 5 nitrogen and oxygen atoms in total. The number of nitrogens with zero attached hydrogens (tertiary/aromatic N) is 3. The van der Waals surface area contributed by atoms with E-state index in [0.29, 0.717) is 5.02 Å². The largest absolute Gasteiger partial charge is 0.378 e. The van der Waals surface area contributed by atoms with Gasteiger partial charge in [-0.2, -0.15) is 0 Å². The van der Waals surface area contributed by atoms with E-state index in [1.807, 2.05) is 24.0 Å². The van der Waals surface area contributed by atoms with Crippen LogP contribution in [0.15, 0.2) is 18.3 Å². The molecule has 2 fully saturated rings. The van der Waals surface area contributed by atoms with Crippen molar-refractivity contribution in [3.8, 4) is 0 Å². The van der Waals surface area contributed by atoms with E-state index >= 15 is 0 Å². The second-order valence-electron chi connectivity index (χ2n) is 5.95. The Kier molecular flexibility index (Phi) is 4.84. The van der Waals surface area contributed by atoms with Crippen LogP contribution in [0.3, 0.4) is 0 Å². The van der Waals surface area contributed by atoms with Crippen molar-refractivity contribution in [2.45, 2.75) is 25.9 Å². The van der Waals surface area contributed by atoms with Crippen LogP contribution in [0.2, 0.25) is 5.02 Å². The zero-order valence-corrected chi connectivity index (χ0v) is 13.6. The molecule has 3 rings (SSSR count). The van der Waals surface area contributed by atoms with E-state index in [2.05, 4.69) is 9.88 Å². The zero-order chi connectivity index (χ0) is 15.5. The second kappa shape index (κ2) is 6.84. The second-order valence-corrected chi connectivity index (χ2v) is 6.35. The van der Waals surface area contributed by atoms with Crippen molar-refractivity contribution in [3.05, 3.63) is 23.4 Å². The fourth-order valence-electron chi connectivity index (χ4n) is 3.23. The summed E-state index contributed by atoms with van der Waals surface area (Å²) in [4.78, 5) is 21.1. The molecule has 0 spiro atoms. The highest BCUT2D eigenvalue weighted by molar-refractivity contribution is 6.32. The molecule has 0 bridgehead atoms. The minimum atomic E-state index is 0.0127. The molecule has 22 heavy (non-hydrogen) atoms. The van der Waals surface area contributed by atoms with Crippen LogP contribution in [0.5, 0.6) is 0 Å². The molecule has 120 valence electrons. The van der Waals surface area contributed by atoms with Gasteiger partial charge in [-0.1, -0.05) is 11.6 Å². The van der Waals surface area contributed by atoms with Crippen molar-refractivity contribution in [1.29, 1.82) is 0 Å². The first-order chi connectivity index (χ1) is 10.7. The molecule has 2 saturated heterocycles. The van der Waals surface area contributed by atoms with Gasteiger partial charge in [-0.15, -0.1) is 0 Å². The molecule has 6 heteroatoms. The molecule has 0 saturated carbocycles.